The van der Waals surface area contributed by atoms with Crippen LogP contribution in [0, 0.1) is 0 Å². The van der Waals surface area contributed by atoms with E-state index < -0.39 is 0 Å². The van der Waals surface area contributed by atoms with Crippen LogP contribution < -0.4 is 10.2 Å². The highest BCUT2D eigenvalue weighted by Gasteiger charge is 2.20. The fourth-order valence-corrected chi connectivity index (χ4v) is 3.40. The highest BCUT2D eigenvalue weighted by atomic mass is 16.2. The maximum Gasteiger partial charge on any atom is 0.243 e. The Morgan fingerprint density at radius 1 is 0.880 bits per heavy atom. The molecule has 3 heteroatoms. The average Bonchev–Trinajstić information content (AvgIpc) is 3.06. The molecule has 0 saturated carbocycles. The lowest BCUT2D eigenvalue weighted by Gasteiger charge is -2.19. The minimum absolute atomic E-state index is 0.0140. The highest BCUT2D eigenvalue weighted by molar-refractivity contribution is 5.98. The van der Waals surface area contributed by atoms with Crippen molar-refractivity contribution in [2.24, 2.45) is 0 Å². The Balaban J connectivity index is 1.51. The molecule has 3 aromatic rings. The van der Waals surface area contributed by atoms with Crippen LogP contribution in [0.5, 0.6) is 0 Å². The molecule has 3 nitrogen and oxygen atoms in total. The molecule has 0 fully saturated rings. The lowest BCUT2D eigenvalue weighted by Crippen LogP contribution is -2.32. The summed E-state index contributed by atoms with van der Waals surface area (Å²) in [5.41, 5.74) is 5.49. The van der Waals surface area contributed by atoms with Crippen molar-refractivity contribution >= 4 is 17.3 Å². The molecule has 25 heavy (non-hydrogen) atoms. The van der Waals surface area contributed by atoms with Crippen molar-refractivity contribution in [2.75, 3.05) is 23.3 Å². The molecule has 0 bridgehead atoms. The van der Waals surface area contributed by atoms with E-state index in [-0.39, 0.29) is 5.91 Å². The number of fused-ring (bicyclic) bond motifs is 1. The second kappa shape index (κ2) is 6.81. The molecule has 1 aliphatic rings. The molecule has 4 rings (SSSR count). The van der Waals surface area contributed by atoms with Gasteiger partial charge in [-0.25, -0.2) is 0 Å². The predicted molar refractivity (Wildman–Crippen MR) is 103 cm³/mol. The Labute approximate surface area is 147 Å². The molecular weight excluding hydrogens is 308 g/mol. The molecule has 1 amide bonds. The van der Waals surface area contributed by atoms with E-state index >= 15 is 0 Å². The van der Waals surface area contributed by atoms with Gasteiger partial charge in [-0.1, -0.05) is 66.7 Å². The first kappa shape index (κ1) is 15.5. The Hall–Kier alpha value is -3.07. The van der Waals surface area contributed by atoms with Crippen LogP contribution in [-0.4, -0.2) is 19.0 Å². The van der Waals surface area contributed by atoms with Crippen molar-refractivity contribution in [3.63, 3.8) is 0 Å². The van der Waals surface area contributed by atoms with Crippen molar-refractivity contribution in [1.29, 1.82) is 0 Å². The summed E-state index contributed by atoms with van der Waals surface area (Å²) in [4.78, 5) is 14.8. The lowest BCUT2D eigenvalue weighted by atomic mass is 10.0. The van der Waals surface area contributed by atoms with Crippen molar-refractivity contribution in [2.45, 2.75) is 6.42 Å². The van der Waals surface area contributed by atoms with Crippen molar-refractivity contribution in [3.05, 3.63) is 84.4 Å². The molecule has 0 aliphatic carbocycles. The summed E-state index contributed by atoms with van der Waals surface area (Å²) in [6.45, 7) is 1.27. The van der Waals surface area contributed by atoms with Crippen LogP contribution in [0.15, 0.2) is 78.9 Å². The maximum absolute atomic E-state index is 12.6. The largest absolute Gasteiger partial charge is 0.362 e. The normalized spacial score (nSPS) is 12.7. The minimum atomic E-state index is 0.0140. The molecule has 1 aliphatic heterocycles. The van der Waals surface area contributed by atoms with Crippen LogP contribution >= 0.6 is 0 Å². The van der Waals surface area contributed by atoms with Crippen molar-refractivity contribution < 1.29 is 4.79 Å². The molecule has 1 N–H and O–H groups in total. The van der Waals surface area contributed by atoms with Gasteiger partial charge in [-0.15, -0.1) is 0 Å². The van der Waals surface area contributed by atoms with E-state index in [1.165, 1.54) is 11.3 Å². The standard InChI is InChI=1S/C22H20N2O/c25-22(16-24-15-14-18-10-4-7-13-21(18)24)23-20-12-6-5-11-19(20)17-8-2-1-3-9-17/h1-13H,14-16H2,(H,23,25). The second-order valence-electron chi connectivity index (χ2n) is 6.26. The van der Waals surface area contributed by atoms with Gasteiger partial charge in [0, 0.05) is 23.5 Å². The van der Waals surface area contributed by atoms with Crippen LogP contribution in [-0.2, 0) is 11.2 Å². The summed E-state index contributed by atoms with van der Waals surface area (Å²) in [6, 6.07) is 26.4. The maximum atomic E-state index is 12.6. The third kappa shape index (κ3) is 3.26. The summed E-state index contributed by atoms with van der Waals surface area (Å²) in [5, 5.41) is 3.09. The van der Waals surface area contributed by atoms with E-state index in [0.29, 0.717) is 6.54 Å². The molecule has 0 radical (unpaired) electrons. The number of amides is 1. The van der Waals surface area contributed by atoms with E-state index in [1.807, 2.05) is 48.5 Å². The van der Waals surface area contributed by atoms with Gasteiger partial charge in [-0.05, 0) is 29.7 Å². The fraction of sp³-hybridized carbons (Fsp3) is 0.136. The Kier molecular flexibility index (Phi) is 4.21. The number of carbonyl (C=O) groups excluding carboxylic acids is 1. The Morgan fingerprint density at radius 3 is 2.48 bits per heavy atom. The zero-order chi connectivity index (χ0) is 17.1. The second-order valence-corrected chi connectivity index (χ2v) is 6.26. The number of hydrogen-bond acceptors (Lipinski definition) is 2. The van der Waals surface area contributed by atoms with Crippen LogP contribution in [0.1, 0.15) is 5.56 Å². The summed E-state index contributed by atoms with van der Waals surface area (Å²) < 4.78 is 0. The van der Waals surface area contributed by atoms with Crippen LogP contribution in [0.25, 0.3) is 11.1 Å². The van der Waals surface area contributed by atoms with Gasteiger partial charge in [0.2, 0.25) is 5.91 Å². The Bertz CT molecular complexity index is 889. The van der Waals surface area contributed by atoms with Gasteiger partial charge in [0.1, 0.15) is 0 Å². The number of benzene rings is 3. The topological polar surface area (TPSA) is 32.3 Å². The van der Waals surface area contributed by atoms with Crippen LogP contribution in [0.2, 0.25) is 0 Å². The fourth-order valence-electron chi connectivity index (χ4n) is 3.40. The number of para-hydroxylation sites is 2. The van der Waals surface area contributed by atoms with Gasteiger partial charge in [0.25, 0.3) is 0 Å². The quantitative estimate of drug-likeness (QED) is 0.772. The first-order valence-electron chi connectivity index (χ1n) is 8.58. The summed E-state index contributed by atoms with van der Waals surface area (Å²) >= 11 is 0. The number of anilines is 2. The van der Waals surface area contributed by atoms with E-state index in [0.717, 1.165) is 29.8 Å². The smallest absolute Gasteiger partial charge is 0.243 e. The van der Waals surface area contributed by atoms with Gasteiger partial charge in [0.05, 0.1) is 6.54 Å². The van der Waals surface area contributed by atoms with Gasteiger partial charge in [-0.3, -0.25) is 4.79 Å². The average molecular weight is 328 g/mol. The molecular formula is C22H20N2O. The summed E-state index contributed by atoms with van der Waals surface area (Å²) in [6.07, 6.45) is 1.00. The van der Waals surface area contributed by atoms with E-state index in [1.54, 1.807) is 0 Å². The SMILES string of the molecule is O=C(CN1CCc2ccccc21)Nc1ccccc1-c1ccccc1. The molecule has 1 heterocycles. The summed E-state index contributed by atoms with van der Waals surface area (Å²) in [5.74, 6) is 0.0140. The van der Waals surface area contributed by atoms with Crippen molar-refractivity contribution in [3.8, 4) is 11.1 Å². The first-order chi connectivity index (χ1) is 12.3. The van der Waals surface area contributed by atoms with E-state index in [2.05, 4.69) is 40.5 Å². The van der Waals surface area contributed by atoms with E-state index in [9.17, 15) is 4.79 Å². The Morgan fingerprint density at radius 2 is 1.60 bits per heavy atom. The molecule has 0 atom stereocenters. The zero-order valence-electron chi connectivity index (χ0n) is 14.0. The number of nitrogens with one attached hydrogen (secondary N) is 1. The highest BCUT2D eigenvalue weighted by Crippen LogP contribution is 2.29. The van der Waals surface area contributed by atoms with E-state index in [4.69, 9.17) is 0 Å². The molecule has 3 aromatic carbocycles. The van der Waals surface area contributed by atoms with Crippen LogP contribution in [0.3, 0.4) is 0 Å². The number of nitrogens with zero attached hydrogens (tertiary/aromatic N) is 1. The van der Waals surface area contributed by atoms with Gasteiger partial charge in [-0.2, -0.15) is 0 Å². The predicted octanol–water partition coefficient (Wildman–Crippen LogP) is 4.35. The van der Waals surface area contributed by atoms with Crippen LogP contribution in [0.4, 0.5) is 11.4 Å². The molecule has 0 saturated heterocycles. The van der Waals surface area contributed by atoms with Gasteiger partial charge in [0.15, 0.2) is 0 Å². The third-order valence-electron chi connectivity index (χ3n) is 4.60. The molecule has 124 valence electrons. The zero-order valence-corrected chi connectivity index (χ0v) is 14.0. The number of hydrogen-bond donors (Lipinski definition) is 1. The van der Waals surface area contributed by atoms with Gasteiger partial charge < -0.3 is 10.2 Å². The molecule has 0 spiro atoms. The summed E-state index contributed by atoms with van der Waals surface area (Å²) in [7, 11) is 0. The number of carbonyl (C=O) groups is 1. The number of rotatable bonds is 4. The lowest BCUT2D eigenvalue weighted by molar-refractivity contribution is -0.115. The first-order valence-corrected chi connectivity index (χ1v) is 8.58. The minimum Gasteiger partial charge on any atom is -0.362 e. The van der Waals surface area contributed by atoms with Crippen molar-refractivity contribution in [1.82, 2.24) is 0 Å². The molecule has 0 aromatic heterocycles. The monoisotopic (exact) mass is 328 g/mol. The third-order valence-corrected chi connectivity index (χ3v) is 4.60. The molecule has 0 unspecified atom stereocenters. The van der Waals surface area contributed by atoms with Gasteiger partial charge >= 0.3 is 0 Å².